The predicted molar refractivity (Wildman–Crippen MR) is 54.1 cm³/mol. The Morgan fingerprint density at radius 1 is 1.38 bits per heavy atom. The first-order chi connectivity index (χ1) is 7.52. The van der Waals surface area contributed by atoms with Crippen molar-refractivity contribution in [1.29, 1.82) is 0 Å². The topological polar surface area (TPSA) is 81.8 Å². The molecule has 0 saturated carbocycles. The van der Waals surface area contributed by atoms with E-state index in [1.54, 1.807) is 0 Å². The van der Waals surface area contributed by atoms with Crippen LogP contribution in [-0.2, 0) is 4.79 Å². The van der Waals surface area contributed by atoms with Crippen molar-refractivity contribution in [3.63, 3.8) is 0 Å². The molecule has 88 valence electrons. The van der Waals surface area contributed by atoms with Gasteiger partial charge in [-0.15, -0.1) is 0 Å². The Morgan fingerprint density at radius 3 is 2.31 bits per heavy atom. The van der Waals surface area contributed by atoms with E-state index in [0.717, 1.165) is 0 Å². The monoisotopic (exact) mass is 229 g/mol. The highest BCUT2D eigenvalue weighted by atomic mass is 19.1. The summed E-state index contributed by atoms with van der Waals surface area (Å²) in [7, 11) is 2.58. The third-order valence-corrected chi connectivity index (χ3v) is 2.12. The van der Waals surface area contributed by atoms with Crippen molar-refractivity contribution in [2.45, 2.75) is 6.04 Å². The van der Waals surface area contributed by atoms with Gasteiger partial charge in [0.1, 0.15) is 11.8 Å². The fraction of sp³-hybridized carbons (Fsp3) is 0.300. The zero-order valence-corrected chi connectivity index (χ0v) is 8.86. The van der Waals surface area contributed by atoms with E-state index in [2.05, 4.69) is 0 Å². The molecule has 1 atom stereocenters. The Hall–Kier alpha value is -1.82. The maximum atomic E-state index is 13.8. The van der Waals surface area contributed by atoms with E-state index < -0.39 is 17.8 Å². The Labute approximate surface area is 91.6 Å². The first kappa shape index (κ1) is 12.3. The van der Waals surface area contributed by atoms with Crippen LogP contribution in [0.5, 0.6) is 11.5 Å². The second kappa shape index (κ2) is 4.80. The van der Waals surface area contributed by atoms with E-state index in [-0.39, 0.29) is 17.1 Å². The number of nitrogens with two attached hydrogens (primary N) is 1. The van der Waals surface area contributed by atoms with Gasteiger partial charge in [-0.25, -0.2) is 4.39 Å². The van der Waals surface area contributed by atoms with Crippen LogP contribution in [0.4, 0.5) is 4.39 Å². The summed E-state index contributed by atoms with van der Waals surface area (Å²) in [5.74, 6) is -2.16. The van der Waals surface area contributed by atoms with E-state index in [0.29, 0.717) is 0 Å². The number of aliphatic carboxylic acids is 1. The molecule has 1 rings (SSSR count). The lowest BCUT2D eigenvalue weighted by atomic mass is 10.1. The Morgan fingerprint density at radius 2 is 1.88 bits per heavy atom. The van der Waals surface area contributed by atoms with E-state index in [1.165, 1.54) is 26.4 Å². The largest absolute Gasteiger partial charge is 0.496 e. The number of hydrogen-bond donors (Lipinski definition) is 2. The van der Waals surface area contributed by atoms with Crippen LogP contribution in [0.2, 0.25) is 0 Å². The molecule has 16 heavy (non-hydrogen) atoms. The van der Waals surface area contributed by atoms with Crippen molar-refractivity contribution < 1.29 is 23.8 Å². The van der Waals surface area contributed by atoms with Gasteiger partial charge in [-0.1, -0.05) is 0 Å². The molecule has 0 heterocycles. The van der Waals surface area contributed by atoms with Crippen molar-refractivity contribution in [3.05, 3.63) is 23.5 Å². The quantitative estimate of drug-likeness (QED) is 0.802. The van der Waals surface area contributed by atoms with Gasteiger partial charge in [-0.3, -0.25) is 4.79 Å². The molecule has 1 aromatic rings. The number of methoxy groups -OCH3 is 2. The molecule has 1 unspecified atom stereocenters. The normalized spacial score (nSPS) is 12.0. The highest BCUT2D eigenvalue weighted by Crippen LogP contribution is 2.32. The van der Waals surface area contributed by atoms with Crippen LogP contribution in [0, 0.1) is 5.82 Å². The number of carboxylic acids is 1. The van der Waals surface area contributed by atoms with Gasteiger partial charge >= 0.3 is 5.97 Å². The van der Waals surface area contributed by atoms with Crippen LogP contribution < -0.4 is 15.2 Å². The summed E-state index contributed by atoms with van der Waals surface area (Å²) < 4.78 is 23.4. The number of hydrogen-bond acceptors (Lipinski definition) is 4. The minimum atomic E-state index is -1.50. The van der Waals surface area contributed by atoms with Crippen LogP contribution in [0.15, 0.2) is 12.1 Å². The number of ether oxygens (including phenoxy) is 2. The SMILES string of the molecule is COc1ccc(OC)c(C(N)C(=O)O)c1F. The molecule has 0 aliphatic carbocycles. The highest BCUT2D eigenvalue weighted by molar-refractivity contribution is 5.76. The van der Waals surface area contributed by atoms with Crippen molar-refractivity contribution in [2.24, 2.45) is 5.73 Å². The molecule has 0 amide bonds. The van der Waals surface area contributed by atoms with E-state index in [4.69, 9.17) is 20.3 Å². The maximum Gasteiger partial charge on any atom is 0.325 e. The second-order valence-electron chi connectivity index (χ2n) is 3.01. The lowest BCUT2D eigenvalue weighted by Crippen LogP contribution is -2.22. The summed E-state index contributed by atoms with van der Waals surface area (Å²) in [6.07, 6.45) is 0. The lowest BCUT2D eigenvalue weighted by Gasteiger charge is -2.14. The standard InChI is InChI=1S/C10H12FNO4/c1-15-5-3-4-6(16-2)8(11)7(5)9(12)10(13)14/h3-4,9H,12H2,1-2H3,(H,13,14). The smallest absolute Gasteiger partial charge is 0.325 e. The molecule has 0 aliphatic heterocycles. The molecule has 0 bridgehead atoms. The minimum absolute atomic E-state index is 0.0764. The summed E-state index contributed by atoms with van der Waals surface area (Å²) >= 11 is 0. The summed E-state index contributed by atoms with van der Waals surface area (Å²) in [6.45, 7) is 0. The Kier molecular flexibility index (Phi) is 3.68. The summed E-state index contributed by atoms with van der Waals surface area (Å²) in [4.78, 5) is 10.7. The van der Waals surface area contributed by atoms with Gasteiger partial charge in [0.15, 0.2) is 11.6 Å². The molecule has 0 aromatic heterocycles. The molecule has 0 aliphatic rings. The van der Waals surface area contributed by atoms with Gasteiger partial charge in [-0.05, 0) is 12.1 Å². The van der Waals surface area contributed by atoms with E-state index in [1.807, 2.05) is 0 Å². The van der Waals surface area contributed by atoms with Crippen molar-refractivity contribution in [2.75, 3.05) is 14.2 Å². The summed E-state index contributed by atoms with van der Waals surface area (Å²) in [6, 6.07) is 1.25. The van der Waals surface area contributed by atoms with Crippen LogP contribution in [0.3, 0.4) is 0 Å². The fourth-order valence-corrected chi connectivity index (χ4v) is 1.30. The first-order valence-electron chi connectivity index (χ1n) is 4.41. The minimum Gasteiger partial charge on any atom is -0.496 e. The summed E-state index contributed by atoms with van der Waals surface area (Å²) in [5.41, 5.74) is 5.14. The van der Waals surface area contributed by atoms with Gasteiger partial charge in [0.25, 0.3) is 0 Å². The Bertz CT molecular complexity index is 408. The number of carbonyl (C=O) groups is 1. The molecule has 0 radical (unpaired) electrons. The average molecular weight is 229 g/mol. The Balaban J connectivity index is 3.37. The van der Waals surface area contributed by atoms with Gasteiger partial charge in [-0.2, -0.15) is 0 Å². The molecule has 3 N–H and O–H groups in total. The van der Waals surface area contributed by atoms with Gasteiger partial charge in [0.2, 0.25) is 0 Å². The van der Waals surface area contributed by atoms with E-state index >= 15 is 0 Å². The third kappa shape index (κ3) is 2.06. The molecule has 0 saturated heterocycles. The number of benzene rings is 1. The number of carboxylic acid groups (broad SMARTS) is 1. The van der Waals surface area contributed by atoms with Crippen molar-refractivity contribution in [3.8, 4) is 11.5 Å². The zero-order chi connectivity index (χ0) is 12.3. The van der Waals surface area contributed by atoms with Crippen LogP contribution in [0.1, 0.15) is 11.6 Å². The van der Waals surface area contributed by atoms with Crippen LogP contribution in [-0.4, -0.2) is 25.3 Å². The zero-order valence-electron chi connectivity index (χ0n) is 8.86. The molecular weight excluding hydrogens is 217 g/mol. The van der Waals surface area contributed by atoms with Gasteiger partial charge in [0.05, 0.1) is 19.8 Å². The first-order valence-corrected chi connectivity index (χ1v) is 4.41. The second-order valence-corrected chi connectivity index (χ2v) is 3.01. The number of halogens is 1. The fourth-order valence-electron chi connectivity index (χ4n) is 1.30. The average Bonchev–Trinajstić information content (AvgIpc) is 2.27. The van der Waals surface area contributed by atoms with Crippen LogP contribution in [0.25, 0.3) is 0 Å². The number of rotatable bonds is 4. The lowest BCUT2D eigenvalue weighted by molar-refractivity contribution is -0.138. The maximum absolute atomic E-state index is 13.8. The molecular formula is C10H12FNO4. The third-order valence-electron chi connectivity index (χ3n) is 2.12. The van der Waals surface area contributed by atoms with E-state index in [9.17, 15) is 9.18 Å². The molecule has 5 nitrogen and oxygen atoms in total. The van der Waals surface area contributed by atoms with Crippen molar-refractivity contribution >= 4 is 5.97 Å². The van der Waals surface area contributed by atoms with Gasteiger partial charge < -0.3 is 20.3 Å². The molecule has 0 spiro atoms. The summed E-state index contributed by atoms with van der Waals surface area (Å²) in [5, 5.41) is 8.76. The molecule has 6 heteroatoms. The predicted octanol–water partition coefficient (Wildman–Crippen LogP) is 0.927. The van der Waals surface area contributed by atoms with Crippen LogP contribution >= 0.6 is 0 Å². The highest BCUT2D eigenvalue weighted by Gasteiger charge is 2.25. The molecule has 0 fully saturated rings. The molecule has 1 aromatic carbocycles. The van der Waals surface area contributed by atoms with Crippen molar-refractivity contribution in [1.82, 2.24) is 0 Å². The van der Waals surface area contributed by atoms with Gasteiger partial charge in [0, 0.05) is 0 Å².